The lowest BCUT2D eigenvalue weighted by Crippen LogP contribution is -2.33. The van der Waals surface area contributed by atoms with Gasteiger partial charge in [0, 0.05) is 0 Å². The highest BCUT2D eigenvalue weighted by Crippen LogP contribution is 2.25. The molecule has 4 heteroatoms. The van der Waals surface area contributed by atoms with Crippen LogP contribution in [0.4, 0.5) is 0 Å². The van der Waals surface area contributed by atoms with E-state index in [4.69, 9.17) is 4.74 Å². The molecule has 1 aromatic rings. The molecule has 0 aliphatic carbocycles. The molecule has 82 valence electrons. The molecular formula is C11H14O4. The van der Waals surface area contributed by atoms with Crippen LogP contribution in [0.15, 0.2) is 24.3 Å². The first-order chi connectivity index (χ1) is 7.02. The number of esters is 1. The smallest absolute Gasteiger partial charge is 0.342 e. The quantitative estimate of drug-likeness (QED) is 0.758. The Morgan fingerprint density at radius 3 is 2.60 bits per heavy atom. The maximum Gasteiger partial charge on any atom is 0.342 e. The molecule has 0 aliphatic heterocycles. The number of benzene rings is 1. The van der Waals surface area contributed by atoms with Crippen molar-refractivity contribution in [3.63, 3.8) is 0 Å². The minimum atomic E-state index is -1.65. The van der Waals surface area contributed by atoms with Gasteiger partial charge in [0.05, 0.1) is 14.2 Å². The van der Waals surface area contributed by atoms with Crippen molar-refractivity contribution in [1.82, 2.24) is 0 Å². The van der Waals surface area contributed by atoms with Crippen LogP contribution in [0.2, 0.25) is 0 Å². The molecule has 0 amide bonds. The van der Waals surface area contributed by atoms with Crippen molar-refractivity contribution in [3.8, 4) is 5.75 Å². The number of methoxy groups -OCH3 is 2. The highest BCUT2D eigenvalue weighted by Gasteiger charge is 2.33. The van der Waals surface area contributed by atoms with Gasteiger partial charge in [0.1, 0.15) is 5.75 Å². The largest absolute Gasteiger partial charge is 0.497 e. The molecule has 0 aromatic heterocycles. The maximum absolute atomic E-state index is 11.3. The zero-order valence-corrected chi connectivity index (χ0v) is 8.98. The molecule has 0 spiro atoms. The highest BCUT2D eigenvalue weighted by atomic mass is 16.5. The van der Waals surface area contributed by atoms with Crippen LogP contribution >= 0.6 is 0 Å². The molecule has 1 rings (SSSR count). The summed E-state index contributed by atoms with van der Waals surface area (Å²) in [7, 11) is 2.75. The Morgan fingerprint density at radius 2 is 2.07 bits per heavy atom. The van der Waals surface area contributed by atoms with Gasteiger partial charge in [-0.05, 0) is 24.6 Å². The lowest BCUT2D eigenvalue weighted by molar-refractivity contribution is -0.161. The Morgan fingerprint density at radius 1 is 1.40 bits per heavy atom. The van der Waals surface area contributed by atoms with Crippen LogP contribution in [-0.2, 0) is 15.1 Å². The Balaban J connectivity index is 3.09. The summed E-state index contributed by atoms with van der Waals surface area (Å²) in [5.41, 5.74) is -1.21. The van der Waals surface area contributed by atoms with E-state index in [1.54, 1.807) is 24.3 Å². The number of aliphatic hydroxyl groups is 1. The van der Waals surface area contributed by atoms with Crippen LogP contribution in [0.5, 0.6) is 5.75 Å². The molecule has 4 nitrogen and oxygen atoms in total. The molecule has 1 N–H and O–H groups in total. The summed E-state index contributed by atoms with van der Waals surface area (Å²) in [4.78, 5) is 11.3. The van der Waals surface area contributed by atoms with Crippen LogP contribution in [0.25, 0.3) is 0 Å². The average molecular weight is 210 g/mol. The van der Waals surface area contributed by atoms with Crippen molar-refractivity contribution < 1.29 is 19.4 Å². The molecule has 0 saturated heterocycles. The monoisotopic (exact) mass is 210 g/mol. The Hall–Kier alpha value is -1.55. The lowest BCUT2D eigenvalue weighted by Gasteiger charge is -2.20. The van der Waals surface area contributed by atoms with E-state index in [1.165, 1.54) is 21.1 Å². The van der Waals surface area contributed by atoms with Crippen LogP contribution in [0.3, 0.4) is 0 Å². The Bertz CT molecular complexity index is 357. The van der Waals surface area contributed by atoms with Gasteiger partial charge in [-0.25, -0.2) is 4.79 Å². The average Bonchev–Trinajstić information content (AvgIpc) is 2.27. The summed E-state index contributed by atoms with van der Waals surface area (Å²) in [6, 6.07) is 6.67. The standard InChI is InChI=1S/C11H14O4/c1-11(13,10(12)15-3)8-5-4-6-9(7-8)14-2/h4-7,13H,1-3H3. The molecule has 0 bridgehead atoms. The zero-order chi connectivity index (χ0) is 11.5. The van der Waals surface area contributed by atoms with E-state index in [-0.39, 0.29) is 0 Å². The molecular weight excluding hydrogens is 196 g/mol. The summed E-state index contributed by atoms with van der Waals surface area (Å²) >= 11 is 0. The van der Waals surface area contributed by atoms with Gasteiger partial charge in [-0.15, -0.1) is 0 Å². The van der Waals surface area contributed by atoms with Crippen molar-refractivity contribution >= 4 is 5.97 Å². The number of rotatable bonds is 3. The fourth-order valence-corrected chi connectivity index (χ4v) is 1.24. The third kappa shape index (κ3) is 2.27. The second-order valence-electron chi connectivity index (χ2n) is 3.30. The molecule has 0 fully saturated rings. The van der Waals surface area contributed by atoms with Crippen LogP contribution in [-0.4, -0.2) is 25.3 Å². The Labute approximate surface area is 88.4 Å². The van der Waals surface area contributed by atoms with Crippen molar-refractivity contribution in [1.29, 1.82) is 0 Å². The van der Waals surface area contributed by atoms with Gasteiger partial charge in [-0.2, -0.15) is 0 Å². The maximum atomic E-state index is 11.3. The van der Waals surface area contributed by atoms with E-state index in [1.807, 2.05) is 0 Å². The molecule has 0 aliphatic rings. The van der Waals surface area contributed by atoms with E-state index in [0.29, 0.717) is 11.3 Å². The van der Waals surface area contributed by atoms with Gasteiger partial charge >= 0.3 is 5.97 Å². The summed E-state index contributed by atoms with van der Waals surface area (Å²) in [5.74, 6) is -0.118. The Kier molecular flexibility index (Phi) is 3.31. The predicted octanol–water partition coefficient (Wildman–Crippen LogP) is 1.08. The van der Waals surface area contributed by atoms with Crippen molar-refractivity contribution in [2.75, 3.05) is 14.2 Å². The van der Waals surface area contributed by atoms with Gasteiger partial charge in [-0.1, -0.05) is 12.1 Å². The van der Waals surface area contributed by atoms with E-state index >= 15 is 0 Å². The van der Waals surface area contributed by atoms with Crippen LogP contribution < -0.4 is 4.74 Å². The van der Waals surface area contributed by atoms with Gasteiger partial charge < -0.3 is 14.6 Å². The van der Waals surface area contributed by atoms with Gasteiger partial charge in [0.15, 0.2) is 5.60 Å². The topological polar surface area (TPSA) is 55.8 Å². The number of ether oxygens (including phenoxy) is 2. The number of carbonyl (C=O) groups excluding carboxylic acids is 1. The van der Waals surface area contributed by atoms with Crippen molar-refractivity contribution in [3.05, 3.63) is 29.8 Å². The second-order valence-corrected chi connectivity index (χ2v) is 3.30. The van der Waals surface area contributed by atoms with Gasteiger partial charge in [0.2, 0.25) is 0 Å². The first-order valence-electron chi connectivity index (χ1n) is 4.47. The van der Waals surface area contributed by atoms with Gasteiger partial charge in [-0.3, -0.25) is 0 Å². The predicted molar refractivity (Wildman–Crippen MR) is 54.6 cm³/mol. The molecule has 0 radical (unpaired) electrons. The fraction of sp³-hybridized carbons (Fsp3) is 0.364. The number of hydrogen-bond donors (Lipinski definition) is 1. The molecule has 0 heterocycles. The number of carbonyl (C=O) groups is 1. The first kappa shape index (κ1) is 11.5. The van der Waals surface area contributed by atoms with E-state index in [9.17, 15) is 9.90 Å². The molecule has 1 aromatic carbocycles. The minimum absolute atomic E-state index is 0.439. The van der Waals surface area contributed by atoms with Crippen molar-refractivity contribution in [2.45, 2.75) is 12.5 Å². The van der Waals surface area contributed by atoms with Gasteiger partial charge in [0.25, 0.3) is 0 Å². The van der Waals surface area contributed by atoms with Crippen LogP contribution in [0.1, 0.15) is 12.5 Å². The van der Waals surface area contributed by atoms with Crippen LogP contribution in [0, 0.1) is 0 Å². The SMILES string of the molecule is COC(=O)C(C)(O)c1cccc(OC)c1. The van der Waals surface area contributed by atoms with Crippen molar-refractivity contribution in [2.24, 2.45) is 0 Å². The summed E-state index contributed by atoms with van der Waals surface area (Å²) < 4.78 is 9.51. The zero-order valence-electron chi connectivity index (χ0n) is 8.98. The first-order valence-corrected chi connectivity index (χ1v) is 4.47. The summed E-state index contributed by atoms with van der Waals surface area (Å²) in [6.45, 7) is 1.38. The normalized spacial score (nSPS) is 14.1. The summed E-state index contributed by atoms with van der Waals surface area (Å²) in [6.07, 6.45) is 0. The van der Waals surface area contributed by atoms with E-state index in [0.717, 1.165) is 0 Å². The third-order valence-corrected chi connectivity index (χ3v) is 2.21. The molecule has 1 atom stereocenters. The molecule has 1 unspecified atom stereocenters. The summed E-state index contributed by atoms with van der Waals surface area (Å²) in [5, 5.41) is 9.94. The molecule has 0 saturated carbocycles. The fourth-order valence-electron chi connectivity index (χ4n) is 1.24. The third-order valence-electron chi connectivity index (χ3n) is 2.21. The number of hydrogen-bond acceptors (Lipinski definition) is 4. The van der Waals surface area contributed by atoms with E-state index < -0.39 is 11.6 Å². The van der Waals surface area contributed by atoms with E-state index in [2.05, 4.69) is 4.74 Å². The second kappa shape index (κ2) is 4.31. The highest BCUT2D eigenvalue weighted by molar-refractivity contribution is 5.80. The minimum Gasteiger partial charge on any atom is -0.497 e. The molecule has 15 heavy (non-hydrogen) atoms. The lowest BCUT2D eigenvalue weighted by atomic mass is 9.96.